The van der Waals surface area contributed by atoms with E-state index in [1.165, 1.54) is 18.6 Å². The first kappa shape index (κ1) is 17.5. The highest BCUT2D eigenvalue weighted by Crippen LogP contribution is 2.36. The number of nitrogens with zero attached hydrogens (tertiary/aromatic N) is 3. The van der Waals surface area contributed by atoms with E-state index in [4.69, 9.17) is 0 Å². The monoisotopic (exact) mass is 350 g/mol. The number of alkyl halides is 3. The second-order valence-corrected chi connectivity index (χ2v) is 6.52. The first-order valence-corrected chi connectivity index (χ1v) is 8.37. The molecular formula is C18H21F3N4. The van der Waals surface area contributed by atoms with E-state index in [1.807, 2.05) is 0 Å². The molecule has 1 saturated heterocycles. The summed E-state index contributed by atoms with van der Waals surface area (Å²) in [5.41, 5.74) is -0.717. The number of aromatic nitrogens is 2. The van der Waals surface area contributed by atoms with Gasteiger partial charge in [0.15, 0.2) is 0 Å². The van der Waals surface area contributed by atoms with Gasteiger partial charge in [-0.1, -0.05) is 19.1 Å². The van der Waals surface area contributed by atoms with Crippen molar-refractivity contribution in [2.75, 3.05) is 23.3 Å². The summed E-state index contributed by atoms with van der Waals surface area (Å²) in [4.78, 5) is 10.9. The van der Waals surface area contributed by atoms with Crippen LogP contribution in [0.5, 0.6) is 0 Å². The van der Waals surface area contributed by atoms with E-state index < -0.39 is 11.7 Å². The van der Waals surface area contributed by atoms with Crippen LogP contribution in [0.15, 0.2) is 30.3 Å². The minimum atomic E-state index is -4.42. The van der Waals surface area contributed by atoms with Crippen LogP contribution >= 0.6 is 0 Å². The van der Waals surface area contributed by atoms with Crippen LogP contribution in [0.3, 0.4) is 0 Å². The van der Waals surface area contributed by atoms with Crippen LogP contribution in [-0.2, 0) is 6.18 Å². The molecule has 1 aliphatic heterocycles. The Labute approximate surface area is 145 Å². The van der Waals surface area contributed by atoms with E-state index in [2.05, 4.69) is 27.1 Å². The SMILES string of the molecule is Cc1nc(Nc2ccccc2C(F)(F)F)cc(N2CCCC(C)C2)n1. The minimum absolute atomic E-state index is 0.00828. The summed E-state index contributed by atoms with van der Waals surface area (Å²) in [6.07, 6.45) is -2.15. The highest BCUT2D eigenvalue weighted by Gasteiger charge is 2.33. The third-order valence-electron chi connectivity index (χ3n) is 4.30. The molecule has 134 valence electrons. The third-order valence-corrected chi connectivity index (χ3v) is 4.30. The summed E-state index contributed by atoms with van der Waals surface area (Å²) < 4.78 is 39.5. The molecule has 4 nitrogen and oxygen atoms in total. The number of nitrogens with one attached hydrogen (secondary N) is 1. The number of halogens is 3. The molecule has 1 fully saturated rings. The van der Waals surface area contributed by atoms with E-state index in [9.17, 15) is 13.2 Å². The lowest BCUT2D eigenvalue weighted by molar-refractivity contribution is -0.136. The molecule has 0 radical (unpaired) electrons. The van der Waals surface area contributed by atoms with Crippen LogP contribution in [0, 0.1) is 12.8 Å². The van der Waals surface area contributed by atoms with Crippen molar-refractivity contribution in [1.29, 1.82) is 0 Å². The molecule has 25 heavy (non-hydrogen) atoms. The Balaban J connectivity index is 1.89. The van der Waals surface area contributed by atoms with E-state index in [0.717, 1.165) is 31.4 Å². The van der Waals surface area contributed by atoms with Gasteiger partial charge in [0.05, 0.1) is 11.3 Å². The number of aryl methyl sites for hydroxylation is 1. The Morgan fingerprint density at radius 3 is 2.68 bits per heavy atom. The van der Waals surface area contributed by atoms with Gasteiger partial charge in [-0.15, -0.1) is 0 Å². The number of anilines is 3. The standard InChI is InChI=1S/C18H21F3N4/c1-12-6-5-9-25(11-12)17-10-16(22-13(2)23-17)24-15-8-4-3-7-14(15)18(19,20)21/h3-4,7-8,10,12H,5-6,9,11H2,1-2H3,(H,22,23,24). The average molecular weight is 350 g/mol. The first-order valence-electron chi connectivity index (χ1n) is 8.37. The number of benzene rings is 1. The molecule has 3 rings (SSSR count). The van der Waals surface area contributed by atoms with Crippen molar-refractivity contribution >= 4 is 17.3 Å². The van der Waals surface area contributed by atoms with Crippen LogP contribution in [0.25, 0.3) is 0 Å². The van der Waals surface area contributed by atoms with Crippen molar-refractivity contribution < 1.29 is 13.2 Å². The molecule has 0 aliphatic carbocycles. The van der Waals surface area contributed by atoms with Gasteiger partial charge in [0, 0.05) is 19.2 Å². The normalized spacial score (nSPS) is 18.3. The van der Waals surface area contributed by atoms with Crippen LogP contribution in [0.1, 0.15) is 31.2 Å². The number of hydrogen-bond acceptors (Lipinski definition) is 4. The van der Waals surface area contributed by atoms with Gasteiger partial charge >= 0.3 is 6.18 Å². The van der Waals surface area contributed by atoms with Crippen molar-refractivity contribution in [3.63, 3.8) is 0 Å². The molecule has 0 bridgehead atoms. The summed E-state index contributed by atoms with van der Waals surface area (Å²) in [6, 6.07) is 7.13. The number of hydrogen-bond donors (Lipinski definition) is 1. The number of para-hydroxylation sites is 1. The molecule has 0 spiro atoms. The van der Waals surface area contributed by atoms with E-state index in [0.29, 0.717) is 17.6 Å². The van der Waals surface area contributed by atoms with Gasteiger partial charge < -0.3 is 10.2 Å². The van der Waals surface area contributed by atoms with E-state index >= 15 is 0 Å². The average Bonchev–Trinajstić information content (AvgIpc) is 2.54. The maximum Gasteiger partial charge on any atom is 0.418 e. The molecule has 0 saturated carbocycles. The zero-order valence-corrected chi connectivity index (χ0v) is 14.3. The quantitative estimate of drug-likeness (QED) is 0.865. The van der Waals surface area contributed by atoms with E-state index in [1.54, 1.807) is 19.1 Å². The van der Waals surface area contributed by atoms with Crippen LogP contribution in [-0.4, -0.2) is 23.1 Å². The molecule has 2 heterocycles. The van der Waals surface area contributed by atoms with Gasteiger partial charge in [-0.25, -0.2) is 9.97 Å². The largest absolute Gasteiger partial charge is 0.418 e. The van der Waals surface area contributed by atoms with Gasteiger partial charge in [0.25, 0.3) is 0 Å². The minimum Gasteiger partial charge on any atom is -0.356 e. The fourth-order valence-electron chi connectivity index (χ4n) is 3.15. The maximum absolute atomic E-state index is 13.2. The summed E-state index contributed by atoms with van der Waals surface area (Å²) in [5.74, 6) is 2.23. The predicted octanol–water partition coefficient (Wildman–Crippen LogP) is 4.78. The third kappa shape index (κ3) is 4.21. The van der Waals surface area contributed by atoms with Crippen LogP contribution in [0.2, 0.25) is 0 Å². The smallest absolute Gasteiger partial charge is 0.356 e. The molecule has 7 heteroatoms. The molecule has 1 unspecified atom stereocenters. The second kappa shape index (κ2) is 6.90. The Morgan fingerprint density at radius 2 is 1.96 bits per heavy atom. The van der Waals surface area contributed by atoms with Gasteiger partial charge in [0.1, 0.15) is 17.5 Å². The highest BCUT2D eigenvalue weighted by molar-refractivity contribution is 5.63. The molecular weight excluding hydrogens is 329 g/mol. The Morgan fingerprint density at radius 1 is 1.20 bits per heavy atom. The molecule has 0 amide bonds. The van der Waals surface area contributed by atoms with Crippen molar-refractivity contribution in [2.45, 2.75) is 32.9 Å². The highest BCUT2D eigenvalue weighted by atomic mass is 19.4. The molecule has 1 aliphatic rings. The molecule has 1 atom stereocenters. The van der Waals surface area contributed by atoms with Crippen molar-refractivity contribution in [2.24, 2.45) is 5.92 Å². The van der Waals surface area contributed by atoms with Crippen molar-refractivity contribution in [3.05, 3.63) is 41.7 Å². The van der Waals surface area contributed by atoms with Crippen molar-refractivity contribution in [1.82, 2.24) is 9.97 Å². The van der Waals surface area contributed by atoms with Gasteiger partial charge in [-0.05, 0) is 37.8 Å². The predicted molar refractivity (Wildman–Crippen MR) is 92.1 cm³/mol. The van der Waals surface area contributed by atoms with Crippen molar-refractivity contribution in [3.8, 4) is 0 Å². The molecule has 2 aromatic rings. The summed E-state index contributed by atoms with van der Waals surface area (Å²) in [7, 11) is 0. The lowest BCUT2D eigenvalue weighted by Crippen LogP contribution is -2.35. The number of rotatable bonds is 3. The second-order valence-electron chi connectivity index (χ2n) is 6.52. The summed E-state index contributed by atoms with van der Waals surface area (Å²) >= 11 is 0. The molecule has 1 aromatic carbocycles. The fraction of sp³-hybridized carbons (Fsp3) is 0.444. The Bertz CT molecular complexity index is 745. The summed E-state index contributed by atoms with van der Waals surface area (Å²) in [5, 5.41) is 2.81. The zero-order chi connectivity index (χ0) is 18.0. The van der Waals surface area contributed by atoms with Crippen LogP contribution < -0.4 is 10.2 Å². The van der Waals surface area contributed by atoms with Gasteiger partial charge in [-0.3, -0.25) is 0 Å². The molecule has 1 N–H and O–H groups in total. The zero-order valence-electron chi connectivity index (χ0n) is 14.3. The van der Waals surface area contributed by atoms with E-state index in [-0.39, 0.29) is 5.69 Å². The lowest BCUT2D eigenvalue weighted by atomic mass is 10.0. The topological polar surface area (TPSA) is 41.1 Å². The first-order chi connectivity index (χ1) is 11.8. The maximum atomic E-state index is 13.2. The lowest BCUT2D eigenvalue weighted by Gasteiger charge is -2.32. The Kier molecular flexibility index (Phi) is 4.83. The van der Waals surface area contributed by atoms with Gasteiger partial charge in [0.2, 0.25) is 0 Å². The van der Waals surface area contributed by atoms with Gasteiger partial charge in [-0.2, -0.15) is 13.2 Å². The number of piperidine rings is 1. The van der Waals surface area contributed by atoms with Crippen LogP contribution in [0.4, 0.5) is 30.5 Å². The summed E-state index contributed by atoms with van der Waals surface area (Å²) in [6.45, 7) is 5.74. The fourth-order valence-corrected chi connectivity index (χ4v) is 3.15. The molecule has 1 aromatic heterocycles. The Hall–Kier alpha value is -2.31.